The molecule has 18 heavy (non-hydrogen) atoms. The molecule has 2 N–H and O–H groups in total. The van der Waals surface area contributed by atoms with Crippen LogP contribution in [0.5, 0.6) is 0 Å². The monoisotopic (exact) mass is 239 g/mol. The van der Waals surface area contributed by atoms with Gasteiger partial charge in [0.1, 0.15) is 12.0 Å². The molecule has 0 aliphatic heterocycles. The van der Waals surface area contributed by atoms with Gasteiger partial charge in [0.25, 0.3) is 5.56 Å². The van der Waals surface area contributed by atoms with Crippen molar-refractivity contribution in [3.63, 3.8) is 0 Å². The molecule has 3 aromatic rings. The van der Waals surface area contributed by atoms with Crippen molar-refractivity contribution in [1.82, 2.24) is 19.9 Å². The van der Waals surface area contributed by atoms with Crippen LogP contribution in [0.3, 0.4) is 0 Å². The number of nitrogens with zero attached hydrogens (tertiary/aromatic N) is 4. The number of nitrogen functional groups attached to an aromatic ring is 1. The van der Waals surface area contributed by atoms with Gasteiger partial charge in [-0.2, -0.15) is 0 Å². The first-order chi connectivity index (χ1) is 8.77. The van der Waals surface area contributed by atoms with Crippen LogP contribution in [0, 0.1) is 0 Å². The fourth-order valence-corrected chi connectivity index (χ4v) is 1.84. The van der Waals surface area contributed by atoms with Gasteiger partial charge in [0, 0.05) is 23.3 Å². The van der Waals surface area contributed by atoms with Crippen LogP contribution in [0.4, 0.5) is 0 Å². The van der Waals surface area contributed by atoms with E-state index in [-0.39, 0.29) is 5.56 Å². The van der Waals surface area contributed by atoms with Crippen LogP contribution in [-0.4, -0.2) is 19.9 Å². The van der Waals surface area contributed by atoms with Gasteiger partial charge in [0.05, 0.1) is 5.39 Å². The summed E-state index contributed by atoms with van der Waals surface area (Å²) < 4.78 is 0. The van der Waals surface area contributed by atoms with Crippen LogP contribution in [0.25, 0.3) is 22.0 Å². The maximum Gasteiger partial charge on any atom is 0.293 e. The van der Waals surface area contributed by atoms with Crippen LogP contribution >= 0.6 is 0 Å². The SMILES string of the molecule is Nn1nc(-c2cncnc2)c2ccccc2c1=O. The summed E-state index contributed by atoms with van der Waals surface area (Å²) >= 11 is 0. The molecule has 2 aromatic heterocycles. The molecule has 0 aliphatic carbocycles. The van der Waals surface area contributed by atoms with Crippen molar-refractivity contribution >= 4 is 10.8 Å². The molecule has 0 radical (unpaired) electrons. The van der Waals surface area contributed by atoms with E-state index >= 15 is 0 Å². The highest BCUT2D eigenvalue weighted by Crippen LogP contribution is 2.22. The van der Waals surface area contributed by atoms with Crippen LogP contribution in [-0.2, 0) is 0 Å². The molecular weight excluding hydrogens is 230 g/mol. The summed E-state index contributed by atoms with van der Waals surface area (Å²) in [4.78, 5) is 20.6. The molecule has 3 rings (SSSR count). The summed E-state index contributed by atoms with van der Waals surface area (Å²) in [6.07, 6.45) is 4.70. The maximum absolute atomic E-state index is 11.9. The predicted molar refractivity (Wildman–Crippen MR) is 67.2 cm³/mol. The number of aromatic nitrogens is 4. The van der Waals surface area contributed by atoms with Gasteiger partial charge in [0.15, 0.2) is 0 Å². The van der Waals surface area contributed by atoms with E-state index < -0.39 is 0 Å². The minimum Gasteiger partial charge on any atom is -0.320 e. The summed E-state index contributed by atoms with van der Waals surface area (Å²) in [5, 5.41) is 5.33. The summed E-state index contributed by atoms with van der Waals surface area (Å²) in [5.74, 6) is 5.58. The number of nitrogens with two attached hydrogens (primary N) is 1. The molecule has 1 aromatic carbocycles. The van der Waals surface area contributed by atoms with Gasteiger partial charge in [-0.3, -0.25) is 4.79 Å². The highest BCUT2D eigenvalue weighted by molar-refractivity contribution is 5.93. The molecule has 0 fully saturated rings. The van der Waals surface area contributed by atoms with Crippen molar-refractivity contribution in [1.29, 1.82) is 0 Å². The average molecular weight is 239 g/mol. The Bertz CT molecular complexity index is 766. The highest BCUT2D eigenvalue weighted by atomic mass is 16.1. The zero-order chi connectivity index (χ0) is 12.5. The van der Waals surface area contributed by atoms with Crippen LogP contribution in [0.2, 0.25) is 0 Å². The van der Waals surface area contributed by atoms with Gasteiger partial charge in [-0.15, -0.1) is 9.89 Å². The van der Waals surface area contributed by atoms with Gasteiger partial charge in [-0.25, -0.2) is 9.97 Å². The van der Waals surface area contributed by atoms with E-state index in [1.165, 1.54) is 6.33 Å². The second-order valence-corrected chi connectivity index (χ2v) is 3.77. The van der Waals surface area contributed by atoms with Crippen molar-refractivity contribution in [2.24, 2.45) is 0 Å². The predicted octanol–water partition coefficient (Wildman–Crippen LogP) is 0.567. The summed E-state index contributed by atoms with van der Waals surface area (Å²) in [6.45, 7) is 0. The lowest BCUT2D eigenvalue weighted by Crippen LogP contribution is -2.30. The Hall–Kier alpha value is -2.76. The zero-order valence-electron chi connectivity index (χ0n) is 9.32. The highest BCUT2D eigenvalue weighted by Gasteiger charge is 2.10. The van der Waals surface area contributed by atoms with E-state index in [0.717, 1.165) is 10.2 Å². The second-order valence-electron chi connectivity index (χ2n) is 3.77. The molecule has 6 heteroatoms. The standard InChI is InChI=1S/C12H9N5O/c13-17-12(18)10-4-2-1-3-9(10)11(16-17)8-5-14-7-15-6-8/h1-7H,13H2. The van der Waals surface area contributed by atoms with Gasteiger partial charge < -0.3 is 5.84 Å². The molecule has 0 aliphatic rings. The van der Waals surface area contributed by atoms with Crippen molar-refractivity contribution in [2.45, 2.75) is 0 Å². The third kappa shape index (κ3) is 1.51. The second kappa shape index (κ2) is 3.92. The molecule has 6 nitrogen and oxygen atoms in total. The average Bonchev–Trinajstić information content (AvgIpc) is 2.44. The summed E-state index contributed by atoms with van der Waals surface area (Å²) in [7, 11) is 0. The molecule has 88 valence electrons. The number of rotatable bonds is 1. The van der Waals surface area contributed by atoms with Gasteiger partial charge in [-0.05, 0) is 6.07 Å². The number of hydrogen-bond acceptors (Lipinski definition) is 5. The van der Waals surface area contributed by atoms with Crippen LogP contribution < -0.4 is 11.4 Å². The first kappa shape index (κ1) is 10.4. The van der Waals surface area contributed by atoms with Crippen molar-refractivity contribution in [3.05, 3.63) is 53.3 Å². The fourth-order valence-electron chi connectivity index (χ4n) is 1.84. The van der Waals surface area contributed by atoms with E-state index in [2.05, 4.69) is 15.1 Å². The van der Waals surface area contributed by atoms with Crippen LogP contribution in [0.1, 0.15) is 0 Å². The van der Waals surface area contributed by atoms with E-state index in [9.17, 15) is 4.79 Å². The Balaban J connectivity index is 2.44. The molecule has 0 saturated carbocycles. The van der Waals surface area contributed by atoms with Crippen molar-refractivity contribution in [2.75, 3.05) is 5.84 Å². The number of benzene rings is 1. The number of hydrogen-bond donors (Lipinski definition) is 1. The molecule has 0 atom stereocenters. The Labute approximate surface area is 102 Å². The lowest BCUT2D eigenvalue weighted by molar-refractivity contribution is 0.780. The summed E-state index contributed by atoms with van der Waals surface area (Å²) in [6, 6.07) is 7.18. The topological polar surface area (TPSA) is 86.7 Å². The normalized spacial score (nSPS) is 10.7. The largest absolute Gasteiger partial charge is 0.320 e. The lowest BCUT2D eigenvalue weighted by Gasteiger charge is -2.06. The van der Waals surface area contributed by atoms with E-state index in [4.69, 9.17) is 5.84 Å². The molecule has 0 spiro atoms. The fraction of sp³-hybridized carbons (Fsp3) is 0. The van der Waals surface area contributed by atoms with Gasteiger partial charge in [-0.1, -0.05) is 18.2 Å². The Morgan fingerprint density at radius 1 is 1.06 bits per heavy atom. The number of fused-ring (bicyclic) bond motifs is 1. The van der Waals surface area contributed by atoms with Crippen molar-refractivity contribution in [3.8, 4) is 11.3 Å². The first-order valence-electron chi connectivity index (χ1n) is 5.30. The molecule has 0 saturated heterocycles. The molecule has 2 heterocycles. The minimum absolute atomic E-state index is 0.328. The first-order valence-corrected chi connectivity index (χ1v) is 5.30. The van der Waals surface area contributed by atoms with E-state index in [1.807, 2.05) is 12.1 Å². The summed E-state index contributed by atoms with van der Waals surface area (Å²) in [5.41, 5.74) is 0.979. The van der Waals surface area contributed by atoms with E-state index in [1.54, 1.807) is 24.5 Å². The quantitative estimate of drug-likeness (QED) is 0.627. The minimum atomic E-state index is -0.328. The molecule has 0 unspecified atom stereocenters. The zero-order valence-corrected chi connectivity index (χ0v) is 9.32. The van der Waals surface area contributed by atoms with Crippen LogP contribution in [0.15, 0.2) is 47.8 Å². The molecule has 0 bridgehead atoms. The lowest BCUT2D eigenvalue weighted by atomic mass is 10.1. The third-order valence-corrected chi connectivity index (χ3v) is 2.66. The van der Waals surface area contributed by atoms with Gasteiger partial charge in [0.2, 0.25) is 0 Å². The maximum atomic E-state index is 11.9. The smallest absolute Gasteiger partial charge is 0.293 e. The van der Waals surface area contributed by atoms with Gasteiger partial charge >= 0.3 is 0 Å². The Morgan fingerprint density at radius 3 is 2.44 bits per heavy atom. The third-order valence-electron chi connectivity index (χ3n) is 2.66. The Kier molecular flexibility index (Phi) is 2.26. The molecular formula is C12H9N5O. The van der Waals surface area contributed by atoms with E-state index in [0.29, 0.717) is 16.6 Å². The van der Waals surface area contributed by atoms with Crippen molar-refractivity contribution < 1.29 is 0 Å². The Morgan fingerprint density at radius 2 is 1.72 bits per heavy atom. The molecule has 0 amide bonds.